The molecule has 3 fully saturated rings. The quantitative estimate of drug-likeness (QED) is 0.252. The lowest BCUT2D eigenvalue weighted by atomic mass is 9.88. The van der Waals surface area contributed by atoms with Gasteiger partial charge in [-0.1, -0.05) is 67.3 Å². The summed E-state index contributed by atoms with van der Waals surface area (Å²) in [6, 6.07) is 11.8. The van der Waals surface area contributed by atoms with Gasteiger partial charge >= 0.3 is 6.09 Å². The Balaban J connectivity index is 1.30. The SMILES string of the molecule is Cc1ccc(S(=O)(=O)N2CCC([N+]3(C4CCN(S(=O)(=O)c5ccc(C)cc5C)CC4)C(=O)OCC4=CC(Br)(Br)CC=C43)CC2)cc1. The number of sulfonamides is 2. The number of hydrogen-bond donors (Lipinski definition) is 0. The molecule has 2 aromatic rings. The summed E-state index contributed by atoms with van der Waals surface area (Å²) < 4.78 is 63.1. The number of amides is 1. The number of hydrogen-bond acceptors (Lipinski definition) is 6. The van der Waals surface area contributed by atoms with Crippen molar-refractivity contribution in [3.63, 3.8) is 0 Å². The number of carbonyl (C=O) groups excluding carboxylic acids is 1. The Hall–Kier alpha value is -1.87. The topological polar surface area (TPSA) is 101 Å². The van der Waals surface area contributed by atoms with Gasteiger partial charge in [0.1, 0.15) is 27.6 Å². The maximum atomic E-state index is 14.2. The first kappa shape index (κ1) is 34.0. The number of nitrogens with zero attached hydrogens (tertiary/aromatic N) is 3. The van der Waals surface area contributed by atoms with E-state index < -0.39 is 23.3 Å². The predicted molar refractivity (Wildman–Crippen MR) is 184 cm³/mol. The zero-order valence-corrected chi connectivity index (χ0v) is 31.1. The molecule has 6 rings (SSSR count). The number of allylic oxidation sites excluding steroid dienone is 2. The molecule has 1 unspecified atom stereocenters. The Kier molecular flexibility index (Phi) is 9.27. The summed E-state index contributed by atoms with van der Waals surface area (Å²) in [6.07, 6.45) is 6.32. The third-order valence-electron chi connectivity index (χ3n) is 9.94. The molecule has 46 heavy (non-hydrogen) atoms. The minimum atomic E-state index is -3.71. The molecular weight excluding hydrogens is 758 g/mol. The Labute approximate surface area is 289 Å². The molecular formula is C33H40Br2N3O6S2+. The predicted octanol–water partition coefficient (Wildman–Crippen LogP) is 6.29. The summed E-state index contributed by atoms with van der Waals surface area (Å²) in [4.78, 5) is 14.8. The first-order valence-electron chi connectivity index (χ1n) is 15.7. The van der Waals surface area contributed by atoms with E-state index in [0.717, 1.165) is 22.4 Å². The number of quaternary nitrogens is 1. The number of aryl methyl sites for hydroxylation is 3. The van der Waals surface area contributed by atoms with Crippen LogP contribution in [0.25, 0.3) is 0 Å². The van der Waals surface area contributed by atoms with E-state index in [-0.39, 0.29) is 60.3 Å². The standard InChI is InChI=1S/C33H40Br2N3O6S2/c1-23-4-7-29(8-5-23)45(40,41)36-16-11-27(12-17-36)38(30-10-15-33(34,35)21-26(30)22-44-32(38)39)28-13-18-37(19-14-28)46(42,43)31-9-6-24(2)20-25(31)3/h4-10,20-21,27-28H,11-19,22H2,1-3H3/q+1. The molecule has 0 aromatic heterocycles. The highest BCUT2D eigenvalue weighted by atomic mass is 79.9. The van der Waals surface area contributed by atoms with E-state index in [1.807, 2.05) is 32.9 Å². The molecule has 1 aliphatic carbocycles. The first-order valence-corrected chi connectivity index (χ1v) is 20.1. The summed E-state index contributed by atoms with van der Waals surface area (Å²) >= 11 is 7.44. The normalized spacial score (nSPS) is 25.4. The second kappa shape index (κ2) is 12.5. The number of benzene rings is 2. The van der Waals surface area contributed by atoms with Gasteiger partial charge < -0.3 is 4.74 Å². The number of piperidine rings is 2. The highest BCUT2D eigenvalue weighted by Crippen LogP contribution is 2.49. The maximum Gasteiger partial charge on any atom is 0.522 e. The summed E-state index contributed by atoms with van der Waals surface area (Å²) in [6.45, 7) is 6.95. The fraction of sp³-hybridized carbons (Fsp3) is 0.485. The number of rotatable bonds is 6. The van der Waals surface area contributed by atoms with Crippen LogP contribution in [-0.2, 0) is 24.8 Å². The fourth-order valence-electron chi connectivity index (χ4n) is 7.66. The van der Waals surface area contributed by atoms with Gasteiger partial charge in [0.25, 0.3) is 0 Å². The Morgan fingerprint density at radius 2 is 1.35 bits per heavy atom. The maximum absolute atomic E-state index is 14.2. The second-order valence-electron chi connectivity index (χ2n) is 12.9. The van der Waals surface area contributed by atoms with Crippen LogP contribution in [0.15, 0.2) is 75.7 Å². The van der Waals surface area contributed by atoms with Crippen molar-refractivity contribution >= 4 is 58.0 Å². The van der Waals surface area contributed by atoms with Crippen molar-refractivity contribution in [1.82, 2.24) is 8.61 Å². The zero-order valence-electron chi connectivity index (χ0n) is 26.3. The van der Waals surface area contributed by atoms with Crippen molar-refractivity contribution in [2.75, 3.05) is 32.8 Å². The van der Waals surface area contributed by atoms with Gasteiger partial charge in [0, 0.05) is 63.9 Å². The molecule has 1 amide bonds. The Morgan fingerprint density at radius 1 is 0.804 bits per heavy atom. The molecule has 0 saturated carbocycles. The lowest BCUT2D eigenvalue weighted by molar-refractivity contribution is -0.875. The van der Waals surface area contributed by atoms with Crippen molar-refractivity contribution in [3.8, 4) is 0 Å². The molecule has 9 nitrogen and oxygen atoms in total. The van der Waals surface area contributed by atoms with Gasteiger partial charge in [-0.05, 0) is 56.7 Å². The molecule has 0 bridgehead atoms. The van der Waals surface area contributed by atoms with Gasteiger partial charge in [0.05, 0.1) is 9.79 Å². The number of fused-ring (bicyclic) bond motifs is 1. The van der Waals surface area contributed by atoms with Crippen molar-refractivity contribution in [3.05, 3.63) is 82.6 Å². The van der Waals surface area contributed by atoms with Crippen molar-refractivity contribution in [1.29, 1.82) is 0 Å². The largest absolute Gasteiger partial charge is 0.522 e. The smallest absolute Gasteiger partial charge is 0.415 e. The van der Waals surface area contributed by atoms with E-state index in [4.69, 9.17) is 4.74 Å². The molecule has 0 spiro atoms. The van der Waals surface area contributed by atoms with Crippen LogP contribution in [0, 0.1) is 20.8 Å². The van der Waals surface area contributed by atoms with Crippen LogP contribution >= 0.6 is 31.9 Å². The number of halogens is 2. The Morgan fingerprint density at radius 3 is 1.91 bits per heavy atom. The van der Waals surface area contributed by atoms with E-state index in [9.17, 15) is 21.6 Å². The second-order valence-corrected chi connectivity index (χ2v) is 20.6. The number of ether oxygens (including phenoxy) is 1. The van der Waals surface area contributed by atoms with Crippen LogP contribution in [-0.4, -0.2) is 84.1 Å². The summed E-state index contributed by atoms with van der Waals surface area (Å²) in [5, 5.41) is 0. The molecule has 3 aliphatic heterocycles. The zero-order chi connectivity index (χ0) is 33.1. The molecule has 2 aromatic carbocycles. The van der Waals surface area contributed by atoms with E-state index in [0.29, 0.717) is 42.6 Å². The van der Waals surface area contributed by atoms with Crippen LogP contribution in [0.3, 0.4) is 0 Å². The van der Waals surface area contributed by atoms with E-state index in [2.05, 4.69) is 44.0 Å². The molecule has 3 heterocycles. The van der Waals surface area contributed by atoms with Gasteiger partial charge in [0.15, 0.2) is 0 Å². The fourth-order valence-corrected chi connectivity index (χ4v) is 11.7. The molecule has 1 atom stereocenters. The van der Waals surface area contributed by atoms with E-state index in [1.54, 1.807) is 30.3 Å². The third kappa shape index (κ3) is 5.98. The van der Waals surface area contributed by atoms with Gasteiger partial charge in [0.2, 0.25) is 20.0 Å². The van der Waals surface area contributed by atoms with Crippen LogP contribution < -0.4 is 0 Å². The average molecular weight is 799 g/mol. The first-order chi connectivity index (χ1) is 21.7. The monoisotopic (exact) mass is 796 g/mol. The van der Waals surface area contributed by atoms with Crippen molar-refractivity contribution in [2.24, 2.45) is 0 Å². The van der Waals surface area contributed by atoms with Crippen LogP contribution in [0.5, 0.6) is 0 Å². The lowest BCUT2D eigenvalue weighted by Crippen LogP contribution is -2.69. The molecule has 248 valence electrons. The third-order valence-corrected chi connectivity index (χ3v) is 15.0. The van der Waals surface area contributed by atoms with Gasteiger partial charge in [-0.3, -0.25) is 0 Å². The van der Waals surface area contributed by atoms with Crippen LogP contribution in [0.2, 0.25) is 0 Å². The minimum absolute atomic E-state index is 0.0300. The molecule has 0 N–H and O–H groups in total. The van der Waals surface area contributed by atoms with Crippen molar-refractivity contribution < 1.29 is 30.9 Å². The lowest BCUT2D eigenvalue weighted by Gasteiger charge is -2.53. The number of alkyl halides is 2. The van der Waals surface area contributed by atoms with Crippen LogP contribution in [0.4, 0.5) is 4.79 Å². The van der Waals surface area contributed by atoms with Crippen LogP contribution in [0.1, 0.15) is 48.8 Å². The van der Waals surface area contributed by atoms with Crippen molar-refractivity contribution in [2.45, 2.75) is 78.0 Å². The molecule has 0 radical (unpaired) electrons. The Bertz CT molecular complexity index is 1810. The van der Waals surface area contributed by atoms with E-state index >= 15 is 0 Å². The number of cyclic esters (lactones) is 1. The molecule has 13 heteroatoms. The number of carbonyl (C=O) groups is 1. The highest BCUT2D eigenvalue weighted by molar-refractivity contribution is 9.25. The minimum Gasteiger partial charge on any atom is -0.415 e. The van der Waals surface area contributed by atoms with Gasteiger partial charge in [-0.2, -0.15) is 17.9 Å². The van der Waals surface area contributed by atoms with Gasteiger partial charge in [-0.25, -0.2) is 16.8 Å². The van der Waals surface area contributed by atoms with E-state index in [1.165, 1.54) is 8.61 Å². The molecule has 3 saturated heterocycles. The van der Waals surface area contributed by atoms with Gasteiger partial charge in [-0.15, -0.1) is 0 Å². The highest BCUT2D eigenvalue weighted by Gasteiger charge is 2.60. The molecule has 4 aliphatic rings. The average Bonchev–Trinajstić information content (AvgIpc) is 3.01. The summed E-state index contributed by atoms with van der Waals surface area (Å²) in [7, 11) is -7.40. The summed E-state index contributed by atoms with van der Waals surface area (Å²) in [5.41, 5.74) is 4.53. The summed E-state index contributed by atoms with van der Waals surface area (Å²) in [5.74, 6) is 0.